The van der Waals surface area contributed by atoms with Crippen molar-refractivity contribution in [1.82, 2.24) is 9.55 Å². The van der Waals surface area contributed by atoms with E-state index >= 15 is 0 Å². The summed E-state index contributed by atoms with van der Waals surface area (Å²) in [6, 6.07) is 5.67. The number of imidazole rings is 1. The van der Waals surface area contributed by atoms with Crippen LogP contribution in [0.25, 0.3) is 0 Å². The van der Waals surface area contributed by atoms with Crippen molar-refractivity contribution in [2.75, 3.05) is 0 Å². The summed E-state index contributed by atoms with van der Waals surface area (Å²) < 4.78 is 7.08. The van der Waals surface area contributed by atoms with E-state index in [1.807, 2.05) is 33.0 Å². The van der Waals surface area contributed by atoms with E-state index in [-0.39, 0.29) is 11.9 Å². The number of hydrogen-bond acceptors (Lipinski definition) is 4. The van der Waals surface area contributed by atoms with Crippen molar-refractivity contribution in [3.8, 4) is 6.01 Å². The zero-order valence-electron chi connectivity index (χ0n) is 13.4. The first-order chi connectivity index (χ1) is 10.8. The molecule has 0 amide bonds. The average molecular weight is 373 g/mol. The molecule has 0 spiro atoms. The van der Waals surface area contributed by atoms with Crippen LogP contribution in [-0.4, -0.2) is 15.5 Å². The number of ether oxygens (including phenoxy) is 1. The van der Waals surface area contributed by atoms with Crippen molar-refractivity contribution < 1.29 is 9.53 Å². The van der Waals surface area contributed by atoms with Crippen LogP contribution in [0.3, 0.4) is 0 Å². The number of halogens is 2. The summed E-state index contributed by atoms with van der Waals surface area (Å²) in [5.41, 5.74) is 0.868. The molecule has 0 N–H and O–H groups in total. The van der Waals surface area contributed by atoms with Crippen molar-refractivity contribution in [2.45, 2.75) is 43.0 Å². The van der Waals surface area contributed by atoms with Crippen LogP contribution < -0.4 is 4.74 Å². The number of esters is 1. The number of carbonyl (C=O) groups excluding carboxylic acids is 1. The van der Waals surface area contributed by atoms with Gasteiger partial charge in [0.15, 0.2) is 0 Å². The van der Waals surface area contributed by atoms with Gasteiger partial charge in [0, 0.05) is 28.4 Å². The van der Waals surface area contributed by atoms with Gasteiger partial charge in [-0.2, -0.15) is 4.98 Å². The Morgan fingerprint density at radius 1 is 1.30 bits per heavy atom. The third kappa shape index (κ3) is 4.43. The number of rotatable bonds is 5. The summed E-state index contributed by atoms with van der Waals surface area (Å²) in [5.74, 6) is -0.122. The predicted octanol–water partition coefficient (Wildman–Crippen LogP) is 5.32. The van der Waals surface area contributed by atoms with Crippen LogP contribution in [0.1, 0.15) is 38.8 Å². The van der Waals surface area contributed by atoms with Gasteiger partial charge in [0.25, 0.3) is 0 Å². The van der Waals surface area contributed by atoms with E-state index in [4.69, 9.17) is 27.9 Å². The number of benzene rings is 1. The van der Waals surface area contributed by atoms with Gasteiger partial charge >= 0.3 is 12.0 Å². The SMILES string of the molecule is CCC(=O)Oc1nc(C(C)C)c(Sc2cc(Cl)cc(Cl)c2)n1C. The second-order valence-electron chi connectivity index (χ2n) is 5.33. The second kappa shape index (κ2) is 7.60. The Balaban J connectivity index is 2.41. The molecule has 1 aromatic heterocycles. The van der Waals surface area contributed by atoms with Gasteiger partial charge in [-0.05, 0) is 24.1 Å². The van der Waals surface area contributed by atoms with Crippen molar-refractivity contribution in [3.63, 3.8) is 0 Å². The second-order valence-corrected chi connectivity index (χ2v) is 7.27. The van der Waals surface area contributed by atoms with Gasteiger partial charge < -0.3 is 4.74 Å². The third-order valence-corrected chi connectivity index (χ3v) is 4.70. The topological polar surface area (TPSA) is 44.1 Å². The zero-order valence-corrected chi connectivity index (χ0v) is 15.7. The van der Waals surface area contributed by atoms with Gasteiger partial charge in [0.1, 0.15) is 5.03 Å². The molecule has 0 fully saturated rings. The molecular formula is C16H18Cl2N2O2S. The molecule has 2 rings (SSSR count). The van der Waals surface area contributed by atoms with E-state index in [9.17, 15) is 4.79 Å². The minimum absolute atomic E-state index is 0.187. The van der Waals surface area contributed by atoms with E-state index in [0.29, 0.717) is 22.5 Å². The minimum Gasteiger partial charge on any atom is -0.392 e. The third-order valence-electron chi connectivity index (χ3n) is 3.12. The normalized spacial score (nSPS) is 11.1. The first-order valence-electron chi connectivity index (χ1n) is 7.23. The number of carbonyl (C=O) groups is 1. The highest BCUT2D eigenvalue weighted by Crippen LogP contribution is 2.38. The van der Waals surface area contributed by atoms with Crippen molar-refractivity contribution >= 4 is 40.9 Å². The Labute approximate surface area is 150 Å². The fourth-order valence-corrected chi connectivity index (χ4v) is 3.80. The van der Waals surface area contributed by atoms with Crippen LogP contribution in [0.4, 0.5) is 0 Å². The van der Waals surface area contributed by atoms with Crippen LogP contribution in [0, 0.1) is 0 Å². The maximum Gasteiger partial charge on any atom is 0.313 e. The van der Waals surface area contributed by atoms with Crippen LogP contribution in [0.2, 0.25) is 10.0 Å². The average Bonchev–Trinajstić information content (AvgIpc) is 2.75. The molecule has 124 valence electrons. The molecule has 0 saturated carbocycles. The quantitative estimate of drug-likeness (QED) is 0.666. The van der Waals surface area contributed by atoms with Crippen molar-refractivity contribution in [2.24, 2.45) is 7.05 Å². The summed E-state index contributed by atoms with van der Waals surface area (Å²) in [4.78, 5) is 16.9. The van der Waals surface area contributed by atoms with Crippen molar-refractivity contribution in [1.29, 1.82) is 0 Å². The maximum atomic E-state index is 11.6. The largest absolute Gasteiger partial charge is 0.392 e. The van der Waals surface area contributed by atoms with Gasteiger partial charge in [-0.25, -0.2) is 0 Å². The van der Waals surface area contributed by atoms with Gasteiger partial charge in [0.2, 0.25) is 0 Å². The van der Waals surface area contributed by atoms with Gasteiger partial charge in [-0.3, -0.25) is 9.36 Å². The summed E-state index contributed by atoms with van der Waals surface area (Å²) in [6.07, 6.45) is 0.302. The minimum atomic E-state index is -0.309. The molecule has 4 nitrogen and oxygen atoms in total. The number of nitrogens with zero attached hydrogens (tertiary/aromatic N) is 2. The highest BCUT2D eigenvalue weighted by Gasteiger charge is 2.21. The van der Waals surface area contributed by atoms with Crippen LogP contribution in [0.15, 0.2) is 28.1 Å². The summed E-state index contributed by atoms with van der Waals surface area (Å²) >= 11 is 13.6. The molecule has 0 bridgehead atoms. The molecule has 23 heavy (non-hydrogen) atoms. The Morgan fingerprint density at radius 3 is 2.43 bits per heavy atom. The number of aromatic nitrogens is 2. The van der Waals surface area contributed by atoms with Gasteiger partial charge in [0.05, 0.1) is 5.69 Å². The highest BCUT2D eigenvalue weighted by atomic mass is 35.5. The molecule has 2 aromatic rings. The maximum absolute atomic E-state index is 11.6. The van der Waals surface area contributed by atoms with Crippen LogP contribution in [0.5, 0.6) is 6.01 Å². The smallest absolute Gasteiger partial charge is 0.313 e. The van der Waals surface area contributed by atoms with E-state index in [1.165, 1.54) is 11.8 Å². The zero-order chi connectivity index (χ0) is 17.1. The fraction of sp³-hybridized carbons (Fsp3) is 0.375. The Hall–Kier alpha value is -1.17. The first kappa shape index (κ1) is 18.2. The standard InChI is InChI=1S/C16H18Cl2N2O2S/c1-5-13(21)22-16-19-14(9(2)3)15(20(16)4)23-12-7-10(17)6-11(18)8-12/h6-9H,5H2,1-4H3. The predicted molar refractivity (Wildman–Crippen MR) is 93.8 cm³/mol. The molecule has 0 radical (unpaired) electrons. The molecule has 1 heterocycles. The van der Waals surface area contributed by atoms with E-state index in [1.54, 1.807) is 17.6 Å². The molecule has 7 heteroatoms. The van der Waals surface area contributed by atoms with Gasteiger partial charge in [-0.1, -0.05) is 55.7 Å². The lowest BCUT2D eigenvalue weighted by Gasteiger charge is -2.09. The summed E-state index contributed by atoms with van der Waals surface area (Å²) in [6.45, 7) is 5.84. The molecule has 0 aliphatic carbocycles. The Morgan fingerprint density at radius 2 is 1.91 bits per heavy atom. The van der Waals surface area contributed by atoms with Gasteiger partial charge in [-0.15, -0.1) is 0 Å². The van der Waals surface area contributed by atoms with Crippen LogP contribution in [-0.2, 0) is 11.8 Å². The lowest BCUT2D eigenvalue weighted by molar-refractivity contribution is -0.134. The molecule has 0 unspecified atom stereocenters. The van der Waals surface area contributed by atoms with E-state index in [2.05, 4.69) is 4.98 Å². The Kier molecular flexibility index (Phi) is 6.00. The van der Waals surface area contributed by atoms with Crippen LogP contribution >= 0.6 is 35.0 Å². The number of hydrogen-bond donors (Lipinski definition) is 0. The lowest BCUT2D eigenvalue weighted by Crippen LogP contribution is -2.09. The molecule has 0 atom stereocenters. The first-order valence-corrected chi connectivity index (χ1v) is 8.80. The fourth-order valence-electron chi connectivity index (χ4n) is 1.95. The van der Waals surface area contributed by atoms with E-state index < -0.39 is 0 Å². The molecule has 0 aliphatic heterocycles. The molecular weight excluding hydrogens is 355 g/mol. The van der Waals surface area contributed by atoms with Crippen molar-refractivity contribution in [3.05, 3.63) is 33.9 Å². The lowest BCUT2D eigenvalue weighted by atomic mass is 10.2. The monoisotopic (exact) mass is 372 g/mol. The Bertz CT molecular complexity index is 709. The molecule has 1 aromatic carbocycles. The molecule has 0 aliphatic rings. The summed E-state index contributed by atoms with van der Waals surface area (Å²) in [7, 11) is 1.83. The highest BCUT2D eigenvalue weighted by molar-refractivity contribution is 7.99. The molecule has 0 saturated heterocycles. The summed E-state index contributed by atoms with van der Waals surface area (Å²) in [5, 5.41) is 2.05. The van der Waals surface area contributed by atoms with E-state index in [0.717, 1.165) is 15.6 Å².